The molecule has 7 heteroatoms. The molecule has 0 fully saturated rings. The lowest BCUT2D eigenvalue weighted by molar-refractivity contribution is -0.140. The third-order valence-corrected chi connectivity index (χ3v) is 4.20. The number of benzene rings is 2. The lowest BCUT2D eigenvalue weighted by atomic mass is 10.1. The van der Waals surface area contributed by atoms with Crippen molar-refractivity contribution >= 4 is 5.97 Å². The Bertz CT molecular complexity index is 1070. The summed E-state index contributed by atoms with van der Waals surface area (Å²) in [5, 5.41) is 13.2. The smallest absolute Gasteiger partial charge is 0.355 e. The van der Waals surface area contributed by atoms with Gasteiger partial charge in [-0.3, -0.25) is 4.79 Å². The number of aryl methyl sites for hydroxylation is 2. The molecule has 0 atom stereocenters. The van der Waals surface area contributed by atoms with Crippen molar-refractivity contribution in [2.24, 2.45) is 0 Å². The Labute approximate surface area is 156 Å². The van der Waals surface area contributed by atoms with Crippen molar-refractivity contribution < 1.29 is 9.53 Å². The summed E-state index contributed by atoms with van der Waals surface area (Å²) in [6.45, 7) is 1.75. The van der Waals surface area contributed by atoms with E-state index in [4.69, 9.17) is 5.26 Å². The number of hydrogen-bond donors (Lipinski definition) is 0. The summed E-state index contributed by atoms with van der Waals surface area (Å²) in [7, 11) is 1.36. The van der Waals surface area contributed by atoms with Crippen molar-refractivity contribution in [1.29, 1.82) is 5.26 Å². The van der Waals surface area contributed by atoms with E-state index >= 15 is 0 Å². The highest BCUT2D eigenvalue weighted by Crippen LogP contribution is 2.14. The van der Waals surface area contributed by atoms with Crippen molar-refractivity contribution in [2.45, 2.75) is 19.8 Å². The molecule has 0 spiro atoms. The molecule has 0 saturated heterocycles. The molecule has 1 aromatic heterocycles. The number of carbonyl (C=O) groups excluding carboxylic acids is 1. The highest BCUT2D eigenvalue weighted by Gasteiger charge is 2.14. The quantitative estimate of drug-likeness (QED) is 0.650. The van der Waals surface area contributed by atoms with Gasteiger partial charge in [0.1, 0.15) is 5.82 Å². The summed E-state index contributed by atoms with van der Waals surface area (Å²) >= 11 is 0. The average Bonchev–Trinajstić information content (AvgIpc) is 3.00. The molecule has 0 amide bonds. The van der Waals surface area contributed by atoms with Crippen LogP contribution in [0.2, 0.25) is 0 Å². The van der Waals surface area contributed by atoms with Crippen molar-refractivity contribution in [3.8, 4) is 17.4 Å². The zero-order valence-corrected chi connectivity index (χ0v) is 15.0. The molecule has 0 aliphatic rings. The summed E-state index contributed by atoms with van der Waals surface area (Å²) in [4.78, 5) is 24.2. The van der Waals surface area contributed by atoms with Crippen molar-refractivity contribution in [3.05, 3.63) is 76.0 Å². The molecule has 0 saturated carbocycles. The second-order valence-corrected chi connectivity index (χ2v) is 5.98. The Hall–Kier alpha value is -3.66. The Kier molecular flexibility index (Phi) is 5.18. The van der Waals surface area contributed by atoms with E-state index < -0.39 is 0 Å². The highest BCUT2D eigenvalue weighted by molar-refractivity contribution is 5.69. The van der Waals surface area contributed by atoms with Crippen LogP contribution in [0.5, 0.6) is 0 Å². The zero-order chi connectivity index (χ0) is 19.4. The van der Waals surface area contributed by atoms with Crippen LogP contribution in [0.3, 0.4) is 0 Å². The summed E-state index contributed by atoms with van der Waals surface area (Å²) in [5.41, 5.74) is 2.40. The van der Waals surface area contributed by atoms with Crippen molar-refractivity contribution in [1.82, 2.24) is 14.3 Å². The van der Waals surface area contributed by atoms with Crippen LogP contribution in [0.4, 0.5) is 0 Å². The van der Waals surface area contributed by atoms with Gasteiger partial charge in [-0.25, -0.2) is 9.36 Å². The van der Waals surface area contributed by atoms with Gasteiger partial charge >= 0.3 is 11.7 Å². The van der Waals surface area contributed by atoms with Crippen molar-refractivity contribution in [2.75, 3.05) is 7.11 Å². The first-order valence-electron chi connectivity index (χ1n) is 8.39. The number of ether oxygens (including phenoxy) is 1. The van der Waals surface area contributed by atoms with E-state index in [1.165, 1.54) is 16.4 Å². The first-order chi connectivity index (χ1) is 13.0. The normalized spacial score (nSPS) is 10.4. The second kappa shape index (κ2) is 7.70. The minimum absolute atomic E-state index is 0.276. The Morgan fingerprint density at radius 1 is 1.19 bits per heavy atom. The molecule has 0 radical (unpaired) electrons. The molecule has 0 unspecified atom stereocenters. The van der Waals surface area contributed by atoms with Crippen LogP contribution in [-0.4, -0.2) is 27.4 Å². The first kappa shape index (κ1) is 18.1. The number of hydrogen-bond acceptors (Lipinski definition) is 5. The molecule has 3 aromatic rings. The van der Waals surface area contributed by atoms with E-state index in [1.54, 1.807) is 31.2 Å². The monoisotopic (exact) mass is 362 g/mol. The minimum Gasteiger partial charge on any atom is -0.469 e. The van der Waals surface area contributed by atoms with E-state index in [-0.39, 0.29) is 18.1 Å². The Morgan fingerprint density at radius 2 is 1.93 bits per heavy atom. The van der Waals surface area contributed by atoms with Crippen LogP contribution in [0, 0.1) is 18.3 Å². The van der Waals surface area contributed by atoms with Gasteiger partial charge in [-0.05, 0) is 55.3 Å². The minimum atomic E-state index is -0.303. The van der Waals surface area contributed by atoms with Crippen LogP contribution in [0.25, 0.3) is 11.4 Å². The molecular weight excluding hydrogens is 344 g/mol. The van der Waals surface area contributed by atoms with Gasteiger partial charge in [0.2, 0.25) is 0 Å². The number of aromatic nitrogens is 3. The Morgan fingerprint density at radius 3 is 2.59 bits per heavy atom. The molecule has 27 heavy (non-hydrogen) atoms. The highest BCUT2D eigenvalue weighted by atomic mass is 16.5. The fourth-order valence-corrected chi connectivity index (χ4v) is 2.81. The van der Waals surface area contributed by atoms with Crippen LogP contribution in [-0.2, 0) is 16.0 Å². The molecule has 136 valence electrons. The predicted molar refractivity (Wildman–Crippen MR) is 99.0 cm³/mol. The lowest BCUT2D eigenvalue weighted by Crippen LogP contribution is -2.23. The van der Waals surface area contributed by atoms with Crippen LogP contribution < -0.4 is 5.69 Å². The number of nitrogens with zero attached hydrogens (tertiary/aromatic N) is 4. The molecule has 0 N–H and O–H groups in total. The molecule has 1 heterocycles. The number of methoxy groups -OCH3 is 1. The maximum absolute atomic E-state index is 12.9. The third-order valence-electron chi connectivity index (χ3n) is 4.20. The SMILES string of the molecule is COC(=O)CCc1cccc(-n2c(C)nn(-c3ccc(C#N)cc3)c2=O)c1. The van der Waals surface area contributed by atoms with Crippen LogP contribution in [0.1, 0.15) is 23.4 Å². The van der Waals surface area contributed by atoms with E-state index in [1.807, 2.05) is 30.3 Å². The van der Waals surface area contributed by atoms with Gasteiger partial charge in [-0.15, -0.1) is 5.10 Å². The predicted octanol–water partition coefficient (Wildman–Crippen LogP) is 2.31. The van der Waals surface area contributed by atoms with E-state index in [0.717, 1.165) is 5.56 Å². The summed E-state index contributed by atoms with van der Waals surface area (Å²) in [6.07, 6.45) is 0.802. The van der Waals surface area contributed by atoms with E-state index in [0.29, 0.717) is 29.2 Å². The van der Waals surface area contributed by atoms with Gasteiger partial charge in [-0.2, -0.15) is 9.94 Å². The molecule has 0 bridgehead atoms. The van der Waals surface area contributed by atoms with Crippen LogP contribution >= 0.6 is 0 Å². The molecule has 7 nitrogen and oxygen atoms in total. The second-order valence-electron chi connectivity index (χ2n) is 5.98. The standard InChI is InChI=1S/C20H18N4O3/c1-14-22-24(17-9-6-16(13-21)7-10-17)20(26)23(14)18-5-3-4-15(12-18)8-11-19(25)27-2/h3-7,9-10,12H,8,11H2,1-2H3. The third kappa shape index (κ3) is 3.80. The molecule has 0 aliphatic carbocycles. The van der Waals surface area contributed by atoms with Gasteiger partial charge in [0.25, 0.3) is 0 Å². The van der Waals surface area contributed by atoms with Crippen LogP contribution in [0.15, 0.2) is 53.3 Å². The van der Waals surface area contributed by atoms with Gasteiger partial charge in [0.15, 0.2) is 0 Å². The van der Waals surface area contributed by atoms with Gasteiger partial charge in [0, 0.05) is 6.42 Å². The largest absolute Gasteiger partial charge is 0.469 e. The Balaban J connectivity index is 1.96. The molecular formula is C20H18N4O3. The number of carbonyl (C=O) groups is 1. The summed E-state index contributed by atoms with van der Waals surface area (Å²) < 4.78 is 7.48. The summed E-state index contributed by atoms with van der Waals surface area (Å²) in [6, 6.07) is 16.1. The zero-order valence-electron chi connectivity index (χ0n) is 15.0. The van der Waals surface area contributed by atoms with Gasteiger partial charge < -0.3 is 4.74 Å². The maximum atomic E-state index is 12.9. The molecule has 3 rings (SSSR count). The van der Waals surface area contributed by atoms with E-state index in [2.05, 4.69) is 9.84 Å². The fraction of sp³-hybridized carbons (Fsp3) is 0.200. The van der Waals surface area contributed by atoms with Gasteiger partial charge in [0.05, 0.1) is 30.1 Å². The topological polar surface area (TPSA) is 89.9 Å². The fourth-order valence-electron chi connectivity index (χ4n) is 2.81. The number of esters is 1. The number of nitriles is 1. The summed E-state index contributed by atoms with van der Waals surface area (Å²) in [5.74, 6) is 0.261. The lowest BCUT2D eigenvalue weighted by Gasteiger charge is -2.06. The average molecular weight is 362 g/mol. The van der Waals surface area contributed by atoms with E-state index in [9.17, 15) is 9.59 Å². The van der Waals surface area contributed by atoms with Crippen molar-refractivity contribution in [3.63, 3.8) is 0 Å². The van der Waals surface area contributed by atoms with Gasteiger partial charge in [-0.1, -0.05) is 12.1 Å². The number of rotatable bonds is 5. The molecule has 2 aromatic carbocycles. The maximum Gasteiger partial charge on any atom is 0.355 e. The molecule has 0 aliphatic heterocycles. The first-order valence-corrected chi connectivity index (χ1v) is 8.39.